The second kappa shape index (κ2) is 3.87. The summed E-state index contributed by atoms with van der Waals surface area (Å²) in [4.78, 5) is 0. The molecule has 0 atom stereocenters. The Hall–Kier alpha value is -0.611. The van der Waals surface area contributed by atoms with Crippen molar-refractivity contribution in [2.24, 2.45) is 0 Å². The Morgan fingerprint density at radius 2 is 1.00 bits per heavy atom. The average molecular weight is 231 g/mol. The van der Waals surface area contributed by atoms with E-state index < -0.39 is 29.1 Å². The van der Waals surface area contributed by atoms with Crippen LogP contribution in [0.15, 0.2) is 0 Å². The molecule has 0 spiro atoms. The second-order valence-electron chi connectivity index (χ2n) is 1.69. The van der Waals surface area contributed by atoms with Gasteiger partial charge in [-0.25, -0.2) is 13.2 Å². The third-order valence-electron chi connectivity index (χ3n) is 0.990. The minimum Gasteiger partial charge on any atom is -0.278 e. The van der Waals surface area contributed by atoms with E-state index in [1.165, 1.54) is 0 Å². The van der Waals surface area contributed by atoms with Crippen molar-refractivity contribution in [1.29, 1.82) is 0 Å². The van der Waals surface area contributed by atoms with E-state index in [9.17, 15) is 22.0 Å². The standard InChI is InChI=1S/C6F5.Cu/c7-2-1-3(8)5(10)6(11)4(2)9;/q-1;+1. The molecule has 0 amide bonds. The van der Waals surface area contributed by atoms with E-state index in [1.807, 2.05) is 0 Å². The molecule has 0 saturated carbocycles. The molecular weight excluding hydrogens is 231 g/mol. The van der Waals surface area contributed by atoms with Gasteiger partial charge in [0.05, 0.1) is 29.1 Å². The van der Waals surface area contributed by atoms with E-state index in [4.69, 9.17) is 0 Å². The van der Waals surface area contributed by atoms with E-state index in [-0.39, 0.29) is 17.1 Å². The van der Waals surface area contributed by atoms with Gasteiger partial charge in [-0.1, -0.05) is 0 Å². The van der Waals surface area contributed by atoms with Crippen molar-refractivity contribution in [2.45, 2.75) is 0 Å². The average Bonchev–Trinajstić information content (AvgIpc) is 1.97. The Kier molecular flexibility index (Phi) is 3.67. The molecule has 6 heteroatoms. The largest absolute Gasteiger partial charge is 1.00 e. The Bertz CT molecular complexity index is 272. The predicted octanol–water partition coefficient (Wildman–Crippen LogP) is 2.18. The first-order chi connectivity index (χ1) is 5.04. The van der Waals surface area contributed by atoms with E-state index in [0.29, 0.717) is 0 Å². The number of benzene rings is 1. The summed E-state index contributed by atoms with van der Waals surface area (Å²) < 4.78 is 59.9. The van der Waals surface area contributed by atoms with Crippen LogP contribution < -0.4 is 0 Å². The molecule has 1 rings (SSSR count). The minimum absolute atomic E-state index is 0. The molecular formula is C6CuF5. The van der Waals surface area contributed by atoms with E-state index in [2.05, 4.69) is 0 Å². The second-order valence-corrected chi connectivity index (χ2v) is 1.69. The van der Waals surface area contributed by atoms with Gasteiger partial charge in [-0.05, 0) is 0 Å². The van der Waals surface area contributed by atoms with E-state index in [1.54, 1.807) is 0 Å². The molecule has 0 saturated heterocycles. The van der Waals surface area contributed by atoms with Gasteiger partial charge >= 0.3 is 17.1 Å². The molecule has 0 heterocycles. The number of hydrogen-bond donors (Lipinski definition) is 0. The van der Waals surface area contributed by atoms with Crippen LogP contribution in [-0.2, 0) is 17.1 Å². The molecule has 0 N–H and O–H groups in total. The fourth-order valence-corrected chi connectivity index (χ4v) is 0.495. The molecule has 0 bridgehead atoms. The van der Waals surface area contributed by atoms with Crippen molar-refractivity contribution in [3.8, 4) is 0 Å². The van der Waals surface area contributed by atoms with Crippen LogP contribution in [0.3, 0.4) is 0 Å². The van der Waals surface area contributed by atoms with Crippen LogP contribution >= 0.6 is 0 Å². The number of hydrogen-bond acceptors (Lipinski definition) is 0. The molecule has 0 aliphatic heterocycles. The maximum atomic E-state index is 12.0. The molecule has 70 valence electrons. The van der Waals surface area contributed by atoms with Crippen LogP contribution in [0.25, 0.3) is 0 Å². The van der Waals surface area contributed by atoms with Gasteiger partial charge in [0.1, 0.15) is 0 Å². The molecule has 0 fully saturated rings. The predicted molar refractivity (Wildman–Crippen MR) is 25.1 cm³/mol. The zero-order valence-electron chi connectivity index (χ0n) is 5.19. The van der Waals surface area contributed by atoms with Gasteiger partial charge in [0.25, 0.3) is 0 Å². The van der Waals surface area contributed by atoms with Crippen molar-refractivity contribution in [2.75, 3.05) is 0 Å². The van der Waals surface area contributed by atoms with E-state index >= 15 is 0 Å². The number of rotatable bonds is 0. The zero-order valence-corrected chi connectivity index (χ0v) is 6.13. The van der Waals surface area contributed by atoms with Gasteiger partial charge in [-0.15, -0.1) is 6.07 Å². The summed E-state index contributed by atoms with van der Waals surface area (Å²) in [5.41, 5.74) is 0. The smallest absolute Gasteiger partial charge is 0.278 e. The van der Waals surface area contributed by atoms with Crippen LogP contribution in [0.4, 0.5) is 22.0 Å². The Labute approximate surface area is 74.9 Å². The molecule has 0 aromatic heterocycles. The van der Waals surface area contributed by atoms with Crippen LogP contribution in [0.5, 0.6) is 0 Å². The Morgan fingerprint density at radius 3 is 1.33 bits per heavy atom. The SMILES string of the molecule is Fc1[c-]c(F)c(F)c(F)c1F.[Cu+]. The van der Waals surface area contributed by atoms with Gasteiger partial charge in [0.15, 0.2) is 0 Å². The maximum Gasteiger partial charge on any atom is 1.00 e. The van der Waals surface area contributed by atoms with Gasteiger partial charge in [0, 0.05) is 0 Å². The van der Waals surface area contributed by atoms with Gasteiger partial charge < -0.3 is 0 Å². The van der Waals surface area contributed by atoms with Crippen molar-refractivity contribution in [3.63, 3.8) is 0 Å². The summed E-state index contributed by atoms with van der Waals surface area (Å²) in [6.45, 7) is 0. The van der Waals surface area contributed by atoms with Crippen LogP contribution in [0.1, 0.15) is 0 Å². The summed E-state index contributed by atoms with van der Waals surface area (Å²) in [7, 11) is 0. The van der Waals surface area contributed by atoms with Crippen molar-refractivity contribution >= 4 is 0 Å². The van der Waals surface area contributed by atoms with Crippen molar-refractivity contribution in [1.82, 2.24) is 0 Å². The van der Waals surface area contributed by atoms with Crippen molar-refractivity contribution < 1.29 is 39.0 Å². The fourth-order valence-electron chi connectivity index (χ4n) is 0.495. The first-order valence-electron chi connectivity index (χ1n) is 2.44. The van der Waals surface area contributed by atoms with Crippen LogP contribution in [0.2, 0.25) is 0 Å². The minimum atomic E-state index is -2.17. The Balaban J connectivity index is 0.00000121. The first-order valence-corrected chi connectivity index (χ1v) is 2.44. The molecule has 0 aliphatic rings. The molecule has 1 aromatic carbocycles. The summed E-state index contributed by atoms with van der Waals surface area (Å²) in [6, 6.07) is 1.02. The molecule has 0 nitrogen and oxygen atoms in total. The molecule has 0 unspecified atom stereocenters. The fraction of sp³-hybridized carbons (Fsp3) is 0. The maximum absolute atomic E-state index is 12.0. The first kappa shape index (κ1) is 11.4. The van der Waals surface area contributed by atoms with Crippen LogP contribution in [0, 0.1) is 35.2 Å². The number of halogens is 5. The molecule has 1 aromatic rings. The van der Waals surface area contributed by atoms with Gasteiger partial charge in [0.2, 0.25) is 0 Å². The van der Waals surface area contributed by atoms with Gasteiger partial charge in [-0.3, -0.25) is 8.78 Å². The van der Waals surface area contributed by atoms with Crippen LogP contribution in [-0.4, -0.2) is 0 Å². The molecule has 12 heavy (non-hydrogen) atoms. The summed E-state index contributed by atoms with van der Waals surface area (Å²) in [5, 5.41) is 0. The normalized spacial score (nSPS) is 9.42. The third kappa shape index (κ3) is 1.76. The molecule has 0 aliphatic carbocycles. The van der Waals surface area contributed by atoms with Crippen molar-refractivity contribution in [3.05, 3.63) is 35.2 Å². The monoisotopic (exact) mass is 230 g/mol. The quantitative estimate of drug-likeness (QED) is 0.211. The third-order valence-corrected chi connectivity index (χ3v) is 0.990. The summed E-state index contributed by atoms with van der Waals surface area (Å²) in [5.74, 6) is -10.0. The zero-order chi connectivity index (χ0) is 8.59. The van der Waals surface area contributed by atoms with E-state index in [0.717, 1.165) is 6.07 Å². The topological polar surface area (TPSA) is 0 Å². The van der Waals surface area contributed by atoms with Gasteiger partial charge in [-0.2, -0.15) is 0 Å². The summed E-state index contributed by atoms with van der Waals surface area (Å²) >= 11 is 0. The molecule has 0 radical (unpaired) electrons. The summed E-state index contributed by atoms with van der Waals surface area (Å²) in [6.07, 6.45) is 0. The Morgan fingerprint density at radius 1 is 0.667 bits per heavy atom.